The molecule has 0 atom stereocenters. The zero-order chi connectivity index (χ0) is 14.7. The van der Waals surface area contributed by atoms with E-state index >= 15 is 0 Å². The van der Waals surface area contributed by atoms with E-state index in [2.05, 4.69) is 12.1 Å². The van der Waals surface area contributed by atoms with Crippen molar-refractivity contribution in [2.45, 2.75) is 19.4 Å². The Bertz CT molecular complexity index is 640. The number of hydrogen-bond donors (Lipinski definition) is 1. The van der Waals surface area contributed by atoms with Gasteiger partial charge in [0.2, 0.25) is 0 Å². The van der Waals surface area contributed by atoms with Gasteiger partial charge in [-0.1, -0.05) is 29.8 Å². The molecule has 0 fully saturated rings. The summed E-state index contributed by atoms with van der Waals surface area (Å²) in [5.41, 5.74) is 3.30. The highest BCUT2D eigenvalue weighted by Crippen LogP contribution is 2.27. The lowest BCUT2D eigenvalue weighted by molar-refractivity contribution is 0.281. The summed E-state index contributed by atoms with van der Waals surface area (Å²) in [5.74, 6) is 1.65. The monoisotopic (exact) mass is 304 g/mol. The molecule has 1 aliphatic rings. The molecular weight excluding hydrogens is 288 g/mol. The molecule has 21 heavy (non-hydrogen) atoms. The molecule has 4 heteroatoms. The van der Waals surface area contributed by atoms with E-state index in [1.165, 1.54) is 11.1 Å². The second-order valence-corrected chi connectivity index (χ2v) is 5.47. The van der Waals surface area contributed by atoms with Crippen LogP contribution < -0.4 is 9.47 Å². The van der Waals surface area contributed by atoms with Crippen LogP contribution in [-0.4, -0.2) is 18.3 Å². The van der Waals surface area contributed by atoms with Gasteiger partial charge in [0, 0.05) is 12.8 Å². The van der Waals surface area contributed by atoms with Crippen molar-refractivity contribution in [3.63, 3.8) is 0 Å². The average Bonchev–Trinajstić information content (AvgIpc) is 2.96. The van der Waals surface area contributed by atoms with Gasteiger partial charge in [0.1, 0.15) is 11.5 Å². The molecule has 2 aromatic rings. The van der Waals surface area contributed by atoms with E-state index in [0.717, 1.165) is 30.8 Å². The van der Waals surface area contributed by atoms with Crippen LogP contribution in [-0.2, 0) is 19.4 Å². The molecule has 0 aliphatic carbocycles. The van der Waals surface area contributed by atoms with Crippen molar-refractivity contribution in [1.82, 2.24) is 0 Å². The van der Waals surface area contributed by atoms with Crippen LogP contribution >= 0.6 is 11.6 Å². The first-order valence-electron chi connectivity index (χ1n) is 7.03. The van der Waals surface area contributed by atoms with Crippen molar-refractivity contribution in [3.05, 3.63) is 58.1 Å². The maximum absolute atomic E-state index is 9.04. The quantitative estimate of drug-likeness (QED) is 0.920. The number of ether oxygens (including phenoxy) is 2. The Hall–Kier alpha value is -1.71. The SMILES string of the molecule is OCc1ccc(OCCc2ccc3c(c2)CCO3)c(Cl)c1. The molecule has 0 unspecified atom stereocenters. The molecule has 0 bridgehead atoms. The summed E-state index contributed by atoms with van der Waals surface area (Å²) >= 11 is 6.11. The standard InChI is InChI=1S/C17H17ClO3/c18-15-10-13(11-19)2-4-17(15)21-7-5-12-1-3-16-14(9-12)6-8-20-16/h1-4,9-10,19H,5-8,11H2. The first-order valence-corrected chi connectivity index (χ1v) is 7.41. The smallest absolute Gasteiger partial charge is 0.137 e. The Morgan fingerprint density at radius 2 is 2.00 bits per heavy atom. The predicted molar refractivity (Wildman–Crippen MR) is 82.2 cm³/mol. The van der Waals surface area contributed by atoms with Crippen LogP contribution in [0.4, 0.5) is 0 Å². The van der Waals surface area contributed by atoms with Gasteiger partial charge in [0.05, 0.1) is 24.8 Å². The number of benzene rings is 2. The van der Waals surface area contributed by atoms with Crippen molar-refractivity contribution in [2.24, 2.45) is 0 Å². The van der Waals surface area contributed by atoms with Gasteiger partial charge < -0.3 is 14.6 Å². The molecule has 0 radical (unpaired) electrons. The van der Waals surface area contributed by atoms with Crippen LogP contribution in [0.2, 0.25) is 5.02 Å². The van der Waals surface area contributed by atoms with E-state index in [4.69, 9.17) is 26.2 Å². The van der Waals surface area contributed by atoms with Crippen molar-refractivity contribution >= 4 is 11.6 Å². The van der Waals surface area contributed by atoms with E-state index < -0.39 is 0 Å². The fourth-order valence-electron chi connectivity index (χ4n) is 2.43. The van der Waals surface area contributed by atoms with Crippen molar-refractivity contribution in [3.8, 4) is 11.5 Å². The largest absolute Gasteiger partial charge is 0.493 e. The summed E-state index contributed by atoms with van der Waals surface area (Å²) in [4.78, 5) is 0. The maximum Gasteiger partial charge on any atom is 0.137 e. The predicted octanol–water partition coefficient (Wildman–Crippen LogP) is 3.39. The number of aliphatic hydroxyl groups excluding tert-OH is 1. The van der Waals surface area contributed by atoms with Crippen LogP contribution in [0.25, 0.3) is 0 Å². The summed E-state index contributed by atoms with van der Waals surface area (Å²) in [7, 11) is 0. The third-order valence-electron chi connectivity index (χ3n) is 3.58. The van der Waals surface area contributed by atoms with Crippen molar-refractivity contribution < 1.29 is 14.6 Å². The molecule has 110 valence electrons. The van der Waals surface area contributed by atoms with Crippen LogP contribution in [0.5, 0.6) is 11.5 Å². The fourth-order valence-corrected chi connectivity index (χ4v) is 2.69. The van der Waals surface area contributed by atoms with Gasteiger partial charge in [-0.25, -0.2) is 0 Å². The highest BCUT2D eigenvalue weighted by molar-refractivity contribution is 6.32. The summed E-state index contributed by atoms with van der Waals surface area (Å²) in [6, 6.07) is 11.6. The molecule has 0 amide bonds. The van der Waals surface area contributed by atoms with E-state index in [1.807, 2.05) is 12.1 Å². The van der Waals surface area contributed by atoms with Crippen LogP contribution in [0.3, 0.4) is 0 Å². The van der Waals surface area contributed by atoms with Crippen LogP contribution in [0.15, 0.2) is 36.4 Å². The molecule has 1 heterocycles. The number of aliphatic hydroxyl groups is 1. The number of hydrogen-bond acceptors (Lipinski definition) is 3. The normalized spacial score (nSPS) is 12.9. The van der Waals surface area contributed by atoms with Crippen LogP contribution in [0, 0.1) is 0 Å². The Morgan fingerprint density at radius 3 is 2.81 bits per heavy atom. The highest BCUT2D eigenvalue weighted by Gasteiger charge is 2.12. The van der Waals surface area contributed by atoms with E-state index in [0.29, 0.717) is 17.4 Å². The minimum absolute atomic E-state index is 0.0167. The van der Waals surface area contributed by atoms with Gasteiger partial charge in [0.25, 0.3) is 0 Å². The van der Waals surface area contributed by atoms with E-state index in [1.54, 1.807) is 12.1 Å². The summed E-state index contributed by atoms with van der Waals surface area (Å²) in [6.45, 7) is 1.33. The lowest BCUT2D eigenvalue weighted by Crippen LogP contribution is -2.02. The lowest BCUT2D eigenvalue weighted by atomic mass is 10.1. The first-order chi connectivity index (χ1) is 10.3. The molecule has 3 rings (SSSR count). The van der Waals surface area contributed by atoms with Gasteiger partial charge in [-0.3, -0.25) is 0 Å². The molecule has 0 spiro atoms. The van der Waals surface area contributed by atoms with Crippen molar-refractivity contribution in [2.75, 3.05) is 13.2 Å². The zero-order valence-corrected chi connectivity index (χ0v) is 12.4. The topological polar surface area (TPSA) is 38.7 Å². The Kier molecular flexibility index (Phi) is 4.32. The van der Waals surface area contributed by atoms with Crippen LogP contribution in [0.1, 0.15) is 16.7 Å². The summed E-state index contributed by atoms with van der Waals surface area (Å²) < 4.78 is 11.2. The molecule has 2 aromatic carbocycles. The lowest BCUT2D eigenvalue weighted by Gasteiger charge is -2.09. The second-order valence-electron chi connectivity index (χ2n) is 5.06. The fraction of sp³-hybridized carbons (Fsp3) is 0.294. The number of fused-ring (bicyclic) bond motifs is 1. The number of halogens is 1. The molecular formula is C17H17ClO3. The second kappa shape index (κ2) is 6.37. The summed E-state index contributed by atoms with van der Waals surface area (Å²) in [6.07, 6.45) is 1.81. The van der Waals surface area contributed by atoms with Gasteiger partial charge in [-0.15, -0.1) is 0 Å². The Labute approximate surface area is 129 Å². The minimum atomic E-state index is -0.0167. The van der Waals surface area contributed by atoms with E-state index in [9.17, 15) is 0 Å². The summed E-state index contributed by atoms with van der Waals surface area (Å²) in [5, 5.41) is 9.58. The Balaban J connectivity index is 1.58. The molecule has 0 saturated heterocycles. The molecule has 1 N–H and O–H groups in total. The van der Waals surface area contributed by atoms with Gasteiger partial charge in [-0.2, -0.15) is 0 Å². The zero-order valence-electron chi connectivity index (χ0n) is 11.6. The highest BCUT2D eigenvalue weighted by atomic mass is 35.5. The minimum Gasteiger partial charge on any atom is -0.493 e. The molecule has 0 saturated carbocycles. The van der Waals surface area contributed by atoms with E-state index in [-0.39, 0.29) is 6.61 Å². The molecule has 1 aliphatic heterocycles. The first kappa shape index (κ1) is 14.2. The third kappa shape index (κ3) is 3.31. The number of rotatable bonds is 5. The van der Waals surface area contributed by atoms with Gasteiger partial charge >= 0.3 is 0 Å². The van der Waals surface area contributed by atoms with Crippen molar-refractivity contribution in [1.29, 1.82) is 0 Å². The molecule has 3 nitrogen and oxygen atoms in total. The average molecular weight is 305 g/mol. The van der Waals surface area contributed by atoms with Gasteiger partial charge in [0.15, 0.2) is 0 Å². The maximum atomic E-state index is 9.04. The van der Waals surface area contributed by atoms with Gasteiger partial charge in [-0.05, 0) is 34.9 Å². The Morgan fingerprint density at radius 1 is 1.14 bits per heavy atom. The third-order valence-corrected chi connectivity index (χ3v) is 3.88. The molecule has 0 aromatic heterocycles.